The summed E-state index contributed by atoms with van der Waals surface area (Å²) in [5, 5.41) is 6.16. The Morgan fingerprint density at radius 1 is 1.33 bits per heavy atom. The minimum absolute atomic E-state index is 0.0269. The van der Waals surface area contributed by atoms with Gasteiger partial charge in [-0.2, -0.15) is 0 Å². The van der Waals surface area contributed by atoms with E-state index in [-0.39, 0.29) is 11.8 Å². The van der Waals surface area contributed by atoms with E-state index in [1.54, 1.807) is 32.3 Å². The zero-order valence-electron chi connectivity index (χ0n) is 12.7. The number of para-hydroxylation sites is 1. The molecule has 1 heterocycles. The summed E-state index contributed by atoms with van der Waals surface area (Å²) in [4.78, 5) is 25.6. The summed E-state index contributed by atoms with van der Waals surface area (Å²) in [6.07, 6.45) is 2.53. The molecule has 1 aliphatic heterocycles. The van der Waals surface area contributed by atoms with E-state index in [0.29, 0.717) is 23.6 Å². The fourth-order valence-corrected chi connectivity index (χ4v) is 2.53. The fourth-order valence-electron chi connectivity index (χ4n) is 2.53. The normalized spacial score (nSPS) is 17.5. The summed E-state index contributed by atoms with van der Waals surface area (Å²) in [5.41, 5.74) is 1.11. The summed E-state index contributed by atoms with van der Waals surface area (Å²) in [6.45, 7) is 2.05. The Morgan fingerprint density at radius 3 is 2.76 bits per heavy atom. The molecule has 21 heavy (non-hydrogen) atoms. The van der Waals surface area contributed by atoms with Crippen molar-refractivity contribution in [2.24, 2.45) is 5.92 Å². The Morgan fingerprint density at radius 2 is 2.10 bits per heavy atom. The zero-order chi connectivity index (χ0) is 15.2. The van der Waals surface area contributed by atoms with Crippen LogP contribution in [-0.4, -0.2) is 43.9 Å². The van der Waals surface area contributed by atoms with Gasteiger partial charge >= 0.3 is 0 Å². The number of amides is 2. The highest BCUT2D eigenvalue weighted by atomic mass is 16.2. The topological polar surface area (TPSA) is 61.4 Å². The van der Waals surface area contributed by atoms with E-state index < -0.39 is 0 Å². The van der Waals surface area contributed by atoms with Gasteiger partial charge in [0.2, 0.25) is 5.91 Å². The highest BCUT2D eigenvalue weighted by molar-refractivity contribution is 6.03. The summed E-state index contributed by atoms with van der Waals surface area (Å²) in [6, 6.07) is 7.13. The van der Waals surface area contributed by atoms with Crippen LogP contribution in [0.25, 0.3) is 0 Å². The van der Waals surface area contributed by atoms with Gasteiger partial charge in [0, 0.05) is 20.5 Å². The van der Waals surface area contributed by atoms with E-state index in [1.165, 1.54) is 4.90 Å². The van der Waals surface area contributed by atoms with Gasteiger partial charge in [-0.1, -0.05) is 12.1 Å². The molecule has 0 radical (unpaired) electrons. The van der Waals surface area contributed by atoms with Crippen LogP contribution in [0.1, 0.15) is 29.6 Å². The number of carbonyl (C=O) groups is 2. The van der Waals surface area contributed by atoms with Gasteiger partial charge in [0.05, 0.1) is 11.3 Å². The molecule has 1 aromatic carbocycles. The lowest BCUT2D eigenvalue weighted by Crippen LogP contribution is -2.24. The molecule has 2 rings (SSSR count). The highest BCUT2D eigenvalue weighted by Crippen LogP contribution is 2.18. The average molecular weight is 289 g/mol. The summed E-state index contributed by atoms with van der Waals surface area (Å²) in [7, 11) is 3.40. The molecule has 114 valence electrons. The van der Waals surface area contributed by atoms with Crippen LogP contribution in [-0.2, 0) is 4.79 Å². The maximum absolute atomic E-state index is 12.1. The van der Waals surface area contributed by atoms with Crippen LogP contribution >= 0.6 is 0 Å². The summed E-state index contributed by atoms with van der Waals surface area (Å²) < 4.78 is 0. The minimum atomic E-state index is -0.106. The van der Waals surface area contributed by atoms with Crippen LogP contribution in [0.2, 0.25) is 0 Å². The molecule has 1 fully saturated rings. The molecule has 0 aliphatic carbocycles. The molecule has 1 aliphatic rings. The second-order valence-corrected chi connectivity index (χ2v) is 5.69. The Labute approximate surface area is 125 Å². The van der Waals surface area contributed by atoms with Crippen LogP contribution in [0.15, 0.2) is 24.3 Å². The predicted octanol–water partition coefficient (Wildman–Crippen LogP) is 1.72. The maximum atomic E-state index is 12.1. The van der Waals surface area contributed by atoms with Crippen LogP contribution in [0.4, 0.5) is 5.69 Å². The van der Waals surface area contributed by atoms with Crippen LogP contribution in [0.5, 0.6) is 0 Å². The first-order valence-electron chi connectivity index (χ1n) is 7.39. The van der Waals surface area contributed by atoms with Gasteiger partial charge in [0.25, 0.3) is 5.91 Å². The first-order valence-corrected chi connectivity index (χ1v) is 7.39. The quantitative estimate of drug-likeness (QED) is 0.867. The number of carbonyl (C=O) groups excluding carboxylic acids is 2. The van der Waals surface area contributed by atoms with Crippen molar-refractivity contribution in [1.82, 2.24) is 10.2 Å². The SMILES string of the molecule is CN(C)C(=O)c1ccccc1NC(=O)CCC1CCNC1. The van der Waals surface area contributed by atoms with E-state index in [1.807, 2.05) is 6.07 Å². The highest BCUT2D eigenvalue weighted by Gasteiger charge is 2.17. The molecule has 0 spiro atoms. The lowest BCUT2D eigenvalue weighted by molar-refractivity contribution is -0.116. The molecular weight excluding hydrogens is 266 g/mol. The van der Waals surface area contributed by atoms with Crippen molar-refractivity contribution in [1.29, 1.82) is 0 Å². The maximum Gasteiger partial charge on any atom is 0.255 e. The standard InChI is InChI=1S/C16H23N3O2/c1-19(2)16(21)13-5-3-4-6-14(13)18-15(20)8-7-12-9-10-17-11-12/h3-6,12,17H,7-11H2,1-2H3,(H,18,20). The molecule has 0 bridgehead atoms. The first-order chi connectivity index (χ1) is 10.1. The van der Waals surface area contributed by atoms with E-state index in [9.17, 15) is 9.59 Å². The average Bonchev–Trinajstić information content (AvgIpc) is 2.98. The van der Waals surface area contributed by atoms with Gasteiger partial charge in [-0.05, 0) is 44.0 Å². The smallest absolute Gasteiger partial charge is 0.255 e. The predicted molar refractivity (Wildman–Crippen MR) is 83.3 cm³/mol. The number of benzene rings is 1. The van der Waals surface area contributed by atoms with Gasteiger partial charge in [-0.3, -0.25) is 9.59 Å². The van der Waals surface area contributed by atoms with Crippen LogP contribution in [0, 0.1) is 5.92 Å². The van der Waals surface area contributed by atoms with Crippen molar-refractivity contribution >= 4 is 17.5 Å². The van der Waals surface area contributed by atoms with E-state index in [0.717, 1.165) is 25.9 Å². The molecule has 1 aromatic rings. The largest absolute Gasteiger partial charge is 0.345 e. The third-order valence-corrected chi connectivity index (χ3v) is 3.78. The van der Waals surface area contributed by atoms with E-state index in [2.05, 4.69) is 10.6 Å². The van der Waals surface area contributed by atoms with Gasteiger partial charge in [0.15, 0.2) is 0 Å². The molecule has 0 aromatic heterocycles. The Hall–Kier alpha value is -1.88. The van der Waals surface area contributed by atoms with Crippen LogP contribution in [0.3, 0.4) is 0 Å². The number of nitrogens with one attached hydrogen (secondary N) is 2. The number of rotatable bonds is 5. The number of anilines is 1. The van der Waals surface area contributed by atoms with Crippen molar-refractivity contribution in [3.8, 4) is 0 Å². The van der Waals surface area contributed by atoms with Crippen LogP contribution < -0.4 is 10.6 Å². The summed E-state index contributed by atoms with van der Waals surface area (Å²) in [5.74, 6) is 0.459. The molecule has 1 atom stereocenters. The lowest BCUT2D eigenvalue weighted by atomic mass is 10.0. The molecule has 5 heteroatoms. The van der Waals surface area contributed by atoms with Crippen molar-refractivity contribution in [2.45, 2.75) is 19.3 Å². The lowest BCUT2D eigenvalue weighted by Gasteiger charge is -2.15. The molecule has 5 nitrogen and oxygen atoms in total. The van der Waals surface area contributed by atoms with Gasteiger partial charge in [-0.15, -0.1) is 0 Å². The molecule has 2 amide bonds. The fraction of sp³-hybridized carbons (Fsp3) is 0.500. The van der Waals surface area contributed by atoms with Gasteiger partial charge in [-0.25, -0.2) is 0 Å². The Bertz CT molecular complexity index is 508. The first kappa shape index (κ1) is 15.5. The second-order valence-electron chi connectivity index (χ2n) is 5.69. The molecule has 0 saturated carbocycles. The van der Waals surface area contributed by atoms with Gasteiger partial charge in [0.1, 0.15) is 0 Å². The third kappa shape index (κ3) is 4.29. The van der Waals surface area contributed by atoms with Crippen molar-refractivity contribution in [3.63, 3.8) is 0 Å². The Balaban J connectivity index is 1.95. The molecule has 2 N–H and O–H groups in total. The monoisotopic (exact) mass is 289 g/mol. The molecule has 1 unspecified atom stereocenters. The zero-order valence-corrected chi connectivity index (χ0v) is 12.7. The minimum Gasteiger partial charge on any atom is -0.345 e. The van der Waals surface area contributed by atoms with Crippen molar-refractivity contribution in [3.05, 3.63) is 29.8 Å². The number of hydrogen-bond donors (Lipinski definition) is 2. The molecular formula is C16H23N3O2. The number of hydrogen-bond acceptors (Lipinski definition) is 3. The van der Waals surface area contributed by atoms with Gasteiger partial charge < -0.3 is 15.5 Å². The summed E-state index contributed by atoms with van der Waals surface area (Å²) >= 11 is 0. The Kier molecular flexibility index (Phi) is 5.33. The van der Waals surface area contributed by atoms with Crippen molar-refractivity contribution < 1.29 is 9.59 Å². The van der Waals surface area contributed by atoms with Crippen molar-refractivity contribution in [2.75, 3.05) is 32.5 Å². The molecule has 1 saturated heterocycles. The second kappa shape index (κ2) is 7.22. The third-order valence-electron chi connectivity index (χ3n) is 3.78. The van der Waals surface area contributed by atoms with E-state index >= 15 is 0 Å². The van der Waals surface area contributed by atoms with E-state index in [4.69, 9.17) is 0 Å². The number of nitrogens with zero attached hydrogens (tertiary/aromatic N) is 1.